The molecule has 2 heterocycles. The number of para-hydroxylation sites is 1. The van der Waals surface area contributed by atoms with Crippen molar-refractivity contribution in [3.8, 4) is 34.1 Å². The molecule has 1 aromatic heterocycles. The molecule has 1 aliphatic rings. The highest BCUT2D eigenvalue weighted by Gasteiger charge is 2.35. The van der Waals surface area contributed by atoms with E-state index in [4.69, 9.17) is 13.9 Å². The number of benzene rings is 3. The lowest BCUT2D eigenvalue weighted by molar-refractivity contribution is -0.143. The van der Waals surface area contributed by atoms with E-state index in [-0.39, 0.29) is 41.1 Å². The first-order valence-electron chi connectivity index (χ1n) is 11.0. The van der Waals surface area contributed by atoms with Gasteiger partial charge >= 0.3 is 11.9 Å². The van der Waals surface area contributed by atoms with Crippen LogP contribution < -0.4 is 14.9 Å². The van der Waals surface area contributed by atoms with E-state index in [1.54, 1.807) is 36.4 Å². The van der Waals surface area contributed by atoms with E-state index in [0.717, 1.165) is 0 Å². The number of ether oxygens (including phenoxy) is 3. The number of methoxy groups -OCH3 is 1. The van der Waals surface area contributed by atoms with E-state index in [1.165, 1.54) is 31.6 Å². The molecule has 0 spiro atoms. The number of carbonyl (C=O) groups excluding carboxylic acids is 2. The van der Waals surface area contributed by atoms with Gasteiger partial charge in [0.2, 0.25) is 5.43 Å². The van der Waals surface area contributed by atoms with Crippen molar-refractivity contribution in [2.45, 2.75) is 12.3 Å². The molecule has 36 heavy (non-hydrogen) atoms. The molecule has 2 N–H and O–H groups in total. The van der Waals surface area contributed by atoms with Crippen LogP contribution in [0.3, 0.4) is 0 Å². The number of phenols is 2. The summed E-state index contributed by atoms with van der Waals surface area (Å²) in [5.41, 5.74) is 1.21. The van der Waals surface area contributed by atoms with Crippen molar-refractivity contribution in [3.63, 3.8) is 0 Å². The Bertz CT molecular complexity index is 1550. The van der Waals surface area contributed by atoms with Gasteiger partial charge in [-0.15, -0.1) is 0 Å². The normalized spacial score (nSPS) is 14.7. The molecule has 0 amide bonds. The molecular weight excluding hydrogens is 468 g/mol. The molecule has 9 heteroatoms. The third-order valence-electron chi connectivity index (χ3n) is 6.02. The third kappa shape index (κ3) is 4.00. The first-order valence-corrected chi connectivity index (χ1v) is 11.0. The average molecular weight is 488 g/mol. The Morgan fingerprint density at radius 3 is 2.58 bits per heavy atom. The molecule has 0 fully saturated rings. The summed E-state index contributed by atoms with van der Waals surface area (Å²) in [6.07, 6.45) is 1.18. The second-order valence-electron chi connectivity index (χ2n) is 8.17. The van der Waals surface area contributed by atoms with Crippen LogP contribution in [0.25, 0.3) is 22.1 Å². The smallest absolute Gasteiger partial charge is 0.343 e. The Morgan fingerprint density at radius 1 is 1.08 bits per heavy atom. The minimum Gasteiger partial charge on any atom is -0.508 e. The fourth-order valence-electron chi connectivity index (χ4n) is 4.33. The van der Waals surface area contributed by atoms with E-state index >= 15 is 0 Å². The van der Waals surface area contributed by atoms with Crippen LogP contribution in [-0.4, -0.2) is 35.9 Å². The Balaban J connectivity index is 1.70. The SMILES string of the molecule is COC(=O)COc1ccccc1[C@H]1CC(=O)Oc2cc(O)c3c(=O)c(-c4ccc(O)cc4)coc3c21. The van der Waals surface area contributed by atoms with Crippen LogP contribution in [0.15, 0.2) is 70.1 Å². The zero-order valence-corrected chi connectivity index (χ0v) is 19.0. The predicted molar refractivity (Wildman–Crippen MR) is 127 cm³/mol. The zero-order chi connectivity index (χ0) is 25.4. The van der Waals surface area contributed by atoms with Crippen molar-refractivity contribution in [2.24, 2.45) is 0 Å². The summed E-state index contributed by atoms with van der Waals surface area (Å²) in [4.78, 5) is 37.5. The number of esters is 2. The van der Waals surface area contributed by atoms with Crippen LogP contribution in [0.1, 0.15) is 23.5 Å². The number of hydrogen-bond acceptors (Lipinski definition) is 9. The van der Waals surface area contributed by atoms with Crippen molar-refractivity contribution in [2.75, 3.05) is 13.7 Å². The summed E-state index contributed by atoms with van der Waals surface area (Å²) < 4.78 is 21.6. The first kappa shape index (κ1) is 23.0. The maximum atomic E-state index is 13.4. The predicted octanol–water partition coefficient (Wildman–Crippen LogP) is 3.86. The molecule has 1 atom stereocenters. The van der Waals surface area contributed by atoms with Gasteiger partial charge in [0, 0.05) is 23.1 Å². The van der Waals surface area contributed by atoms with Crippen molar-refractivity contribution >= 4 is 22.9 Å². The fourth-order valence-corrected chi connectivity index (χ4v) is 4.33. The van der Waals surface area contributed by atoms with Gasteiger partial charge in [0.15, 0.2) is 6.61 Å². The number of rotatable bonds is 5. The van der Waals surface area contributed by atoms with Crippen LogP contribution >= 0.6 is 0 Å². The number of hydrogen-bond donors (Lipinski definition) is 2. The molecule has 4 aromatic rings. The maximum Gasteiger partial charge on any atom is 0.343 e. The average Bonchev–Trinajstić information content (AvgIpc) is 2.87. The lowest BCUT2D eigenvalue weighted by atomic mass is 9.84. The van der Waals surface area contributed by atoms with Gasteiger partial charge in [0.05, 0.1) is 19.1 Å². The van der Waals surface area contributed by atoms with Crippen LogP contribution in [-0.2, 0) is 14.3 Å². The molecule has 0 unspecified atom stereocenters. The minimum absolute atomic E-state index is 0.0404. The largest absolute Gasteiger partial charge is 0.508 e. The maximum absolute atomic E-state index is 13.4. The standard InChI is InChI=1S/C27H20O9/c1-33-23(31)13-34-20-5-3-2-4-16(20)17-10-22(30)36-21-11-19(29)25-26(32)18(12-35-27(25)24(17)21)14-6-8-15(28)9-7-14/h2-9,11-12,17,28-29H,10,13H2,1H3/t17-/m1/s1. The van der Waals surface area contributed by atoms with Gasteiger partial charge in [-0.3, -0.25) is 9.59 Å². The fraction of sp³-hybridized carbons (Fsp3) is 0.148. The van der Waals surface area contributed by atoms with Gasteiger partial charge < -0.3 is 28.8 Å². The van der Waals surface area contributed by atoms with Gasteiger partial charge in [0.1, 0.15) is 40.2 Å². The molecular formula is C27H20O9. The molecule has 0 saturated heterocycles. The van der Waals surface area contributed by atoms with Crippen LogP contribution in [0.5, 0.6) is 23.0 Å². The van der Waals surface area contributed by atoms with Crippen molar-refractivity contribution < 1.29 is 38.4 Å². The van der Waals surface area contributed by atoms with Gasteiger partial charge in [-0.05, 0) is 23.8 Å². The van der Waals surface area contributed by atoms with Crippen molar-refractivity contribution in [1.29, 1.82) is 0 Å². The molecule has 5 rings (SSSR count). The molecule has 0 radical (unpaired) electrons. The lowest BCUT2D eigenvalue weighted by Crippen LogP contribution is -2.23. The molecule has 182 valence electrons. The number of fused-ring (bicyclic) bond motifs is 3. The highest BCUT2D eigenvalue weighted by Crippen LogP contribution is 2.47. The summed E-state index contributed by atoms with van der Waals surface area (Å²) >= 11 is 0. The second-order valence-corrected chi connectivity index (χ2v) is 8.17. The Morgan fingerprint density at radius 2 is 1.83 bits per heavy atom. The molecule has 1 aliphatic heterocycles. The first-order chi connectivity index (χ1) is 17.4. The van der Waals surface area contributed by atoms with Gasteiger partial charge in [0.25, 0.3) is 0 Å². The Kier molecular flexibility index (Phi) is 5.81. The number of aromatic hydroxyl groups is 2. The van der Waals surface area contributed by atoms with Gasteiger partial charge in [-0.1, -0.05) is 30.3 Å². The molecule has 0 aliphatic carbocycles. The summed E-state index contributed by atoms with van der Waals surface area (Å²) in [5, 5.41) is 20.2. The molecule has 0 saturated carbocycles. The summed E-state index contributed by atoms with van der Waals surface area (Å²) in [6, 6.07) is 14.1. The van der Waals surface area contributed by atoms with E-state index < -0.39 is 29.0 Å². The minimum atomic E-state index is -0.652. The van der Waals surface area contributed by atoms with Crippen LogP contribution in [0.4, 0.5) is 0 Å². The lowest BCUT2D eigenvalue weighted by Gasteiger charge is -2.27. The zero-order valence-electron chi connectivity index (χ0n) is 19.0. The highest BCUT2D eigenvalue weighted by atomic mass is 16.6. The second kappa shape index (κ2) is 9.10. The monoisotopic (exact) mass is 488 g/mol. The summed E-state index contributed by atoms with van der Waals surface area (Å²) in [7, 11) is 1.25. The Hall–Kier alpha value is -4.79. The molecule has 9 nitrogen and oxygen atoms in total. The highest BCUT2D eigenvalue weighted by molar-refractivity contribution is 5.94. The van der Waals surface area contributed by atoms with Crippen LogP contribution in [0, 0.1) is 0 Å². The van der Waals surface area contributed by atoms with Gasteiger partial charge in [-0.25, -0.2) is 4.79 Å². The van der Waals surface area contributed by atoms with E-state index in [9.17, 15) is 24.6 Å². The number of carbonyl (C=O) groups is 2. The molecule has 3 aromatic carbocycles. The quantitative estimate of drug-likeness (QED) is 0.317. The topological polar surface area (TPSA) is 132 Å². The third-order valence-corrected chi connectivity index (χ3v) is 6.02. The van der Waals surface area contributed by atoms with Crippen molar-refractivity contribution in [1.82, 2.24) is 0 Å². The van der Waals surface area contributed by atoms with Crippen LogP contribution in [0.2, 0.25) is 0 Å². The Labute approximate surface area is 204 Å². The van der Waals surface area contributed by atoms with E-state index in [1.807, 2.05) is 0 Å². The van der Waals surface area contributed by atoms with E-state index in [2.05, 4.69) is 4.74 Å². The van der Waals surface area contributed by atoms with E-state index in [0.29, 0.717) is 22.4 Å². The number of phenolic OH excluding ortho intramolecular Hbond substituents is 2. The summed E-state index contributed by atoms with van der Waals surface area (Å²) in [6.45, 7) is -0.334. The summed E-state index contributed by atoms with van der Waals surface area (Å²) in [5.74, 6) is -1.72. The van der Waals surface area contributed by atoms with Gasteiger partial charge in [-0.2, -0.15) is 0 Å². The molecule has 0 bridgehead atoms. The van der Waals surface area contributed by atoms with Crippen molar-refractivity contribution in [3.05, 3.63) is 82.2 Å².